The number of carbonyl (C=O) groups excluding carboxylic acids is 1. The molecule has 1 saturated heterocycles. The Hall–Kier alpha value is -1.99. The van der Waals surface area contributed by atoms with Crippen LogP contribution in [0.4, 0.5) is 0 Å². The lowest BCUT2D eigenvalue weighted by Gasteiger charge is -2.32. The van der Waals surface area contributed by atoms with Crippen LogP contribution in [0, 0.1) is 6.92 Å². The Morgan fingerprint density at radius 1 is 1.59 bits per heavy atom. The molecule has 3 rings (SSSR count). The van der Waals surface area contributed by atoms with E-state index >= 15 is 0 Å². The van der Waals surface area contributed by atoms with Crippen molar-refractivity contribution in [3.8, 4) is 0 Å². The Kier molecular flexibility index (Phi) is 4.35. The summed E-state index contributed by atoms with van der Waals surface area (Å²) in [6.07, 6.45) is 0.0151. The molecule has 1 N–H and O–H groups in total. The minimum atomic E-state index is -0.382. The molecule has 3 heterocycles. The molecule has 2 aromatic rings. The van der Waals surface area contributed by atoms with Crippen molar-refractivity contribution < 1.29 is 9.53 Å². The van der Waals surface area contributed by atoms with Crippen LogP contribution in [0.2, 0.25) is 0 Å². The molecule has 1 unspecified atom stereocenters. The minimum absolute atomic E-state index is 0.0710. The van der Waals surface area contributed by atoms with Crippen LogP contribution in [0.25, 0.3) is 0 Å². The quantitative estimate of drug-likeness (QED) is 0.925. The van der Waals surface area contributed by atoms with Gasteiger partial charge in [-0.05, 0) is 29.3 Å². The van der Waals surface area contributed by atoms with Crippen molar-refractivity contribution in [1.29, 1.82) is 0 Å². The average Bonchev–Trinajstić information content (AvgIpc) is 2.99. The predicted octanol–water partition coefficient (Wildman–Crippen LogP) is 1.28. The summed E-state index contributed by atoms with van der Waals surface area (Å²) in [6.45, 7) is 3.18. The number of nitrogens with one attached hydrogen (secondary N) is 1. The van der Waals surface area contributed by atoms with Crippen LogP contribution in [0.5, 0.6) is 0 Å². The SMILES string of the molecule is Cc1cc(=O)[nH]c(C2CN(C(=O)Cc3ccsc3)CCO2)n1. The minimum Gasteiger partial charge on any atom is -0.367 e. The molecule has 2 aromatic heterocycles. The highest BCUT2D eigenvalue weighted by Crippen LogP contribution is 2.19. The first-order chi connectivity index (χ1) is 10.6. The summed E-state index contributed by atoms with van der Waals surface area (Å²) >= 11 is 1.58. The van der Waals surface area contributed by atoms with Crippen molar-refractivity contribution >= 4 is 17.2 Å². The number of aromatic nitrogens is 2. The lowest BCUT2D eigenvalue weighted by atomic mass is 10.2. The molecular formula is C15H17N3O3S. The van der Waals surface area contributed by atoms with Crippen LogP contribution in [0.15, 0.2) is 27.7 Å². The Morgan fingerprint density at radius 2 is 2.45 bits per heavy atom. The first-order valence-corrected chi connectivity index (χ1v) is 8.04. The zero-order chi connectivity index (χ0) is 15.5. The molecule has 0 saturated carbocycles. The number of nitrogens with zero attached hydrogens (tertiary/aromatic N) is 2. The fourth-order valence-electron chi connectivity index (χ4n) is 2.48. The van der Waals surface area contributed by atoms with E-state index in [1.807, 2.05) is 16.8 Å². The first kappa shape index (κ1) is 14.9. The summed E-state index contributed by atoms with van der Waals surface area (Å²) in [5.41, 5.74) is 1.47. The Morgan fingerprint density at radius 3 is 3.18 bits per heavy atom. The standard InChI is InChI=1S/C15H17N3O3S/c1-10-6-13(19)17-15(16-10)12-8-18(3-4-21-12)14(20)7-11-2-5-22-9-11/h2,5-6,9,12H,3-4,7-8H2,1H3,(H,16,17,19). The van der Waals surface area contributed by atoms with Gasteiger partial charge in [-0.3, -0.25) is 9.59 Å². The van der Waals surface area contributed by atoms with Crippen LogP contribution in [-0.4, -0.2) is 40.5 Å². The molecule has 0 aliphatic carbocycles. The molecule has 22 heavy (non-hydrogen) atoms. The van der Waals surface area contributed by atoms with Crippen molar-refractivity contribution in [2.45, 2.75) is 19.4 Å². The van der Waals surface area contributed by atoms with Gasteiger partial charge in [0, 0.05) is 18.3 Å². The molecule has 1 aliphatic heterocycles. The number of ether oxygens (including phenoxy) is 1. The molecule has 1 atom stereocenters. The number of aryl methyl sites for hydroxylation is 1. The third kappa shape index (κ3) is 3.42. The molecule has 0 radical (unpaired) electrons. The van der Waals surface area contributed by atoms with Gasteiger partial charge < -0.3 is 14.6 Å². The van der Waals surface area contributed by atoms with E-state index in [4.69, 9.17) is 4.74 Å². The molecule has 0 bridgehead atoms. The summed E-state index contributed by atoms with van der Waals surface area (Å²) < 4.78 is 5.67. The van der Waals surface area contributed by atoms with Crippen LogP contribution >= 0.6 is 11.3 Å². The van der Waals surface area contributed by atoms with Gasteiger partial charge in [-0.25, -0.2) is 4.98 Å². The summed E-state index contributed by atoms with van der Waals surface area (Å²) in [5, 5.41) is 3.95. The van der Waals surface area contributed by atoms with Gasteiger partial charge in [0.25, 0.3) is 5.56 Å². The number of morpholine rings is 1. The number of H-pyrrole nitrogens is 1. The molecule has 1 aliphatic rings. The highest BCUT2D eigenvalue weighted by molar-refractivity contribution is 7.07. The first-order valence-electron chi connectivity index (χ1n) is 7.10. The number of hydrogen-bond donors (Lipinski definition) is 1. The maximum atomic E-state index is 12.4. The molecule has 0 spiro atoms. The molecule has 1 amide bonds. The van der Waals surface area contributed by atoms with E-state index in [0.717, 1.165) is 5.56 Å². The van der Waals surface area contributed by atoms with E-state index in [1.54, 1.807) is 23.2 Å². The molecular weight excluding hydrogens is 302 g/mol. The van der Waals surface area contributed by atoms with E-state index in [2.05, 4.69) is 9.97 Å². The Balaban J connectivity index is 1.71. The van der Waals surface area contributed by atoms with Gasteiger partial charge in [0.2, 0.25) is 5.91 Å². The zero-order valence-corrected chi connectivity index (χ0v) is 13.1. The maximum absolute atomic E-state index is 12.4. The van der Waals surface area contributed by atoms with Crippen LogP contribution in [0.3, 0.4) is 0 Å². The number of rotatable bonds is 3. The second kappa shape index (κ2) is 6.41. The van der Waals surface area contributed by atoms with Crippen molar-refractivity contribution in [3.63, 3.8) is 0 Å². The highest BCUT2D eigenvalue weighted by Gasteiger charge is 2.27. The number of thiophene rings is 1. The monoisotopic (exact) mass is 319 g/mol. The van der Waals surface area contributed by atoms with Crippen LogP contribution in [0.1, 0.15) is 23.2 Å². The van der Waals surface area contributed by atoms with Crippen molar-refractivity contribution in [1.82, 2.24) is 14.9 Å². The van der Waals surface area contributed by atoms with E-state index in [9.17, 15) is 9.59 Å². The highest BCUT2D eigenvalue weighted by atomic mass is 32.1. The van der Waals surface area contributed by atoms with Crippen LogP contribution in [-0.2, 0) is 16.0 Å². The van der Waals surface area contributed by atoms with Gasteiger partial charge in [0.1, 0.15) is 11.9 Å². The van der Waals surface area contributed by atoms with Gasteiger partial charge in [0.15, 0.2) is 0 Å². The third-order valence-corrected chi connectivity index (χ3v) is 4.28. The van der Waals surface area contributed by atoms with Crippen molar-refractivity contribution in [2.24, 2.45) is 0 Å². The molecule has 6 nitrogen and oxygen atoms in total. The molecule has 116 valence electrons. The Bertz CT molecular complexity index is 711. The lowest BCUT2D eigenvalue weighted by molar-refractivity contribution is -0.138. The zero-order valence-electron chi connectivity index (χ0n) is 12.2. The van der Waals surface area contributed by atoms with Gasteiger partial charge in [-0.15, -0.1) is 0 Å². The lowest BCUT2D eigenvalue weighted by Crippen LogP contribution is -2.43. The number of carbonyl (C=O) groups is 1. The second-order valence-electron chi connectivity index (χ2n) is 5.28. The van der Waals surface area contributed by atoms with E-state index in [-0.39, 0.29) is 17.6 Å². The number of aromatic amines is 1. The third-order valence-electron chi connectivity index (χ3n) is 3.55. The summed E-state index contributed by atoms with van der Waals surface area (Å²) in [5.74, 6) is 0.555. The molecule has 1 fully saturated rings. The fourth-order valence-corrected chi connectivity index (χ4v) is 3.14. The summed E-state index contributed by atoms with van der Waals surface area (Å²) in [6, 6.07) is 3.39. The predicted molar refractivity (Wildman–Crippen MR) is 82.9 cm³/mol. The molecule has 0 aromatic carbocycles. The van der Waals surface area contributed by atoms with Gasteiger partial charge in [-0.2, -0.15) is 11.3 Å². The van der Waals surface area contributed by atoms with Gasteiger partial charge >= 0.3 is 0 Å². The fraction of sp³-hybridized carbons (Fsp3) is 0.400. The topological polar surface area (TPSA) is 75.3 Å². The largest absolute Gasteiger partial charge is 0.367 e. The van der Waals surface area contributed by atoms with Crippen LogP contribution < -0.4 is 5.56 Å². The van der Waals surface area contributed by atoms with E-state index in [0.29, 0.717) is 37.6 Å². The number of hydrogen-bond acceptors (Lipinski definition) is 5. The van der Waals surface area contributed by atoms with E-state index in [1.165, 1.54) is 6.07 Å². The van der Waals surface area contributed by atoms with Crippen molar-refractivity contribution in [2.75, 3.05) is 19.7 Å². The normalized spacial score (nSPS) is 18.4. The van der Waals surface area contributed by atoms with Crippen molar-refractivity contribution in [3.05, 3.63) is 50.3 Å². The van der Waals surface area contributed by atoms with E-state index < -0.39 is 0 Å². The average molecular weight is 319 g/mol. The van der Waals surface area contributed by atoms with Gasteiger partial charge in [0.05, 0.1) is 19.6 Å². The maximum Gasteiger partial charge on any atom is 0.251 e. The smallest absolute Gasteiger partial charge is 0.251 e. The summed E-state index contributed by atoms with van der Waals surface area (Å²) in [7, 11) is 0. The van der Waals surface area contributed by atoms with Gasteiger partial charge in [-0.1, -0.05) is 0 Å². The number of amides is 1. The Labute approximate surface area is 131 Å². The second-order valence-corrected chi connectivity index (χ2v) is 6.06. The molecule has 7 heteroatoms. The summed E-state index contributed by atoms with van der Waals surface area (Å²) in [4.78, 5) is 32.7.